The summed E-state index contributed by atoms with van der Waals surface area (Å²) in [5, 5.41) is 0. The minimum Gasteiger partial charge on any atom is -0.338 e. The van der Waals surface area contributed by atoms with E-state index in [1.54, 1.807) is 13.0 Å². The molecule has 1 amide bonds. The van der Waals surface area contributed by atoms with E-state index in [0.29, 0.717) is 6.42 Å². The molecule has 0 spiro atoms. The quantitative estimate of drug-likeness (QED) is 0.577. The van der Waals surface area contributed by atoms with E-state index < -0.39 is 11.6 Å². The molecule has 1 rings (SSSR count). The molecule has 0 bridgehead atoms. The van der Waals surface area contributed by atoms with Crippen LogP contribution in [0.2, 0.25) is 0 Å². The number of amides is 1. The Morgan fingerprint density at radius 1 is 1.16 bits per heavy atom. The van der Waals surface area contributed by atoms with Crippen LogP contribution in [-0.4, -0.2) is 36.0 Å². The van der Waals surface area contributed by atoms with Gasteiger partial charge >= 0.3 is 0 Å². The summed E-state index contributed by atoms with van der Waals surface area (Å²) >= 11 is 0. The van der Waals surface area contributed by atoms with Gasteiger partial charge in [0.25, 0.3) is 0 Å². The van der Waals surface area contributed by atoms with Gasteiger partial charge in [-0.3, -0.25) is 14.4 Å². The van der Waals surface area contributed by atoms with Crippen LogP contribution in [-0.2, 0) is 14.4 Å². The van der Waals surface area contributed by atoms with Crippen LogP contribution in [0.1, 0.15) is 18.9 Å². The molecule has 0 N–H and O–H groups in total. The van der Waals surface area contributed by atoms with E-state index in [2.05, 4.69) is 0 Å². The Labute approximate surface area is 112 Å². The maximum absolute atomic E-state index is 11.6. The molecular weight excluding hydrogens is 242 g/mol. The number of benzene rings is 1. The van der Waals surface area contributed by atoms with E-state index in [4.69, 9.17) is 0 Å². The lowest BCUT2D eigenvalue weighted by Gasteiger charge is -2.13. The predicted molar refractivity (Wildman–Crippen MR) is 73.4 cm³/mol. The number of nitrogens with zero attached hydrogens (tertiary/aromatic N) is 1. The van der Waals surface area contributed by atoms with E-state index in [-0.39, 0.29) is 12.5 Å². The summed E-state index contributed by atoms with van der Waals surface area (Å²) in [7, 11) is 1.51. The Bertz CT molecular complexity index is 491. The fourth-order valence-corrected chi connectivity index (χ4v) is 1.48. The number of Topliss-reactive ketones (excluding diaryl/α,β-unsaturated/α-hetero) is 1. The van der Waals surface area contributed by atoms with E-state index in [9.17, 15) is 14.4 Å². The van der Waals surface area contributed by atoms with Crippen molar-refractivity contribution in [3.8, 4) is 0 Å². The van der Waals surface area contributed by atoms with Crippen molar-refractivity contribution in [3.63, 3.8) is 0 Å². The average molecular weight is 259 g/mol. The van der Waals surface area contributed by atoms with E-state index in [1.807, 2.05) is 30.3 Å². The molecule has 0 aliphatic rings. The van der Waals surface area contributed by atoms with Crippen molar-refractivity contribution >= 4 is 23.5 Å². The van der Waals surface area contributed by atoms with Crippen LogP contribution in [0.3, 0.4) is 0 Å². The Morgan fingerprint density at radius 3 is 2.37 bits per heavy atom. The maximum Gasteiger partial charge on any atom is 0.223 e. The van der Waals surface area contributed by atoms with Crippen molar-refractivity contribution in [2.75, 3.05) is 13.6 Å². The lowest BCUT2D eigenvalue weighted by atomic mass is 10.1. The Hall–Kier alpha value is -2.23. The highest BCUT2D eigenvalue weighted by molar-refractivity contribution is 6.43. The van der Waals surface area contributed by atoms with Crippen LogP contribution in [0.15, 0.2) is 36.4 Å². The third kappa shape index (κ3) is 4.87. The molecule has 0 aliphatic heterocycles. The minimum atomic E-state index is -0.598. The first-order valence-corrected chi connectivity index (χ1v) is 6.09. The van der Waals surface area contributed by atoms with Gasteiger partial charge in [-0.05, 0) is 11.6 Å². The second-order valence-electron chi connectivity index (χ2n) is 4.13. The Kier molecular flexibility index (Phi) is 5.67. The van der Waals surface area contributed by atoms with Gasteiger partial charge in [-0.15, -0.1) is 0 Å². The molecule has 0 unspecified atom stereocenters. The smallest absolute Gasteiger partial charge is 0.223 e. The van der Waals surface area contributed by atoms with E-state index in [0.717, 1.165) is 5.56 Å². The van der Waals surface area contributed by atoms with Gasteiger partial charge in [0.05, 0.1) is 6.54 Å². The van der Waals surface area contributed by atoms with Crippen LogP contribution in [0.25, 0.3) is 6.08 Å². The number of likely N-dealkylation sites (N-methyl/N-ethyl adjacent to an activating group) is 1. The summed E-state index contributed by atoms with van der Waals surface area (Å²) in [6.45, 7) is 1.53. The number of hydrogen-bond acceptors (Lipinski definition) is 3. The molecule has 0 heterocycles. The fourth-order valence-electron chi connectivity index (χ4n) is 1.48. The molecule has 0 saturated carbocycles. The lowest BCUT2D eigenvalue weighted by Crippen LogP contribution is -2.34. The predicted octanol–water partition coefficient (Wildman–Crippen LogP) is 1.71. The third-order valence-electron chi connectivity index (χ3n) is 2.61. The lowest BCUT2D eigenvalue weighted by molar-refractivity contribution is -0.138. The Morgan fingerprint density at radius 2 is 1.79 bits per heavy atom. The molecule has 0 fully saturated rings. The summed E-state index contributed by atoms with van der Waals surface area (Å²) in [4.78, 5) is 35.7. The van der Waals surface area contributed by atoms with E-state index >= 15 is 0 Å². The second-order valence-corrected chi connectivity index (χ2v) is 4.13. The monoisotopic (exact) mass is 259 g/mol. The number of allylic oxidation sites excluding steroid dienone is 1. The Balaban J connectivity index is 2.56. The fraction of sp³-hybridized carbons (Fsp3) is 0.267. The van der Waals surface area contributed by atoms with Crippen molar-refractivity contribution in [2.24, 2.45) is 0 Å². The number of rotatable bonds is 6. The molecule has 4 nitrogen and oxygen atoms in total. The number of carbonyl (C=O) groups excluding carboxylic acids is 3. The normalized spacial score (nSPS) is 10.4. The molecular formula is C15H17NO3. The molecule has 0 atom stereocenters. The molecule has 0 saturated heterocycles. The van der Waals surface area contributed by atoms with Gasteiger partial charge in [-0.2, -0.15) is 0 Å². The zero-order valence-electron chi connectivity index (χ0n) is 11.1. The highest BCUT2D eigenvalue weighted by Crippen LogP contribution is 2.01. The first kappa shape index (κ1) is 14.8. The molecule has 1 aromatic carbocycles. The zero-order chi connectivity index (χ0) is 14.3. The van der Waals surface area contributed by atoms with Crippen LogP contribution in [0.5, 0.6) is 0 Å². The van der Waals surface area contributed by atoms with Gasteiger partial charge in [-0.25, -0.2) is 0 Å². The van der Waals surface area contributed by atoms with Gasteiger partial charge in [0.1, 0.15) is 0 Å². The third-order valence-corrected chi connectivity index (χ3v) is 2.61. The topological polar surface area (TPSA) is 54.5 Å². The maximum atomic E-state index is 11.6. The van der Waals surface area contributed by atoms with Crippen molar-refractivity contribution < 1.29 is 14.4 Å². The van der Waals surface area contributed by atoms with Crippen molar-refractivity contribution in [3.05, 3.63) is 42.0 Å². The summed E-state index contributed by atoms with van der Waals surface area (Å²) in [5.74, 6) is -1.34. The number of carbonyl (C=O) groups is 3. The minimum absolute atomic E-state index is 0.159. The number of hydrogen-bond donors (Lipinski definition) is 0. The SMILES string of the molecule is CCC(=O)N(C)CC(=O)C(=O)/C=C/c1ccccc1. The second kappa shape index (κ2) is 7.26. The average Bonchev–Trinajstić information content (AvgIpc) is 2.44. The molecule has 100 valence electrons. The van der Waals surface area contributed by atoms with Crippen molar-refractivity contribution in [2.45, 2.75) is 13.3 Å². The first-order chi connectivity index (χ1) is 9.04. The summed E-state index contributed by atoms with van der Waals surface area (Å²) < 4.78 is 0. The van der Waals surface area contributed by atoms with Crippen molar-refractivity contribution in [1.82, 2.24) is 4.90 Å². The van der Waals surface area contributed by atoms with Crippen LogP contribution < -0.4 is 0 Å². The van der Waals surface area contributed by atoms with Gasteiger partial charge < -0.3 is 4.90 Å². The van der Waals surface area contributed by atoms with Gasteiger partial charge in [0.15, 0.2) is 0 Å². The standard InChI is InChI=1S/C15H17NO3/c1-3-15(19)16(2)11-14(18)13(17)10-9-12-7-5-4-6-8-12/h4-10H,3,11H2,1-2H3/b10-9+. The molecule has 19 heavy (non-hydrogen) atoms. The first-order valence-electron chi connectivity index (χ1n) is 6.09. The highest BCUT2D eigenvalue weighted by Gasteiger charge is 2.15. The van der Waals surface area contributed by atoms with E-state index in [1.165, 1.54) is 18.0 Å². The summed E-state index contributed by atoms with van der Waals surface area (Å²) in [6, 6.07) is 9.23. The van der Waals surface area contributed by atoms with Crippen LogP contribution >= 0.6 is 0 Å². The van der Waals surface area contributed by atoms with Gasteiger partial charge in [0, 0.05) is 13.5 Å². The zero-order valence-corrected chi connectivity index (χ0v) is 11.1. The number of ketones is 2. The molecule has 0 aliphatic carbocycles. The van der Waals surface area contributed by atoms with Crippen molar-refractivity contribution in [1.29, 1.82) is 0 Å². The summed E-state index contributed by atoms with van der Waals surface area (Å²) in [6.07, 6.45) is 3.14. The molecule has 4 heteroatoms. The summed E-state index contributed by atoms with van der Waals surface area (Å²) in [5.41, 5.74) is 0.849. The molecule has 0 radical (unpaired) electrons. The highest BCUT2D eigenvalue weighted by atomic mass is 16.2. The van der Waals surface area contributed by atoms with Gasteiger partial charge in [0.2, 0.25) is 17.5 Å². The molecule has 1 aromatic rings. The van der Waals surface area contributed by atoms with Gasteiger partial charge in [-0.1, -0.05) is 43.3 Å². The van der Waals surface area contributed by atoms with Crippen LogP contribution in [0.4, 0.5) is 0 Å². The largest absolute Gasteiger partial charge is 0.338 e. The molecule has 0 aromatic heterocycles. The van der Waals surface area contributed by atoms with Crippen LogP contribution in [0, 0.1) is 0 Å².